The number of methoxy groups -OCH3 is 1. The average molecular weight is 496 g/mol. The second kappa shape index (κ2) is 9.13. The Kier molecular flexibility index (Phi) is 6.14. The lowest BCUT2D eigenvalue weighted by molar-refractivity contribution is -0.122. The summed E-state index contributed by atoms with van der Waals surface area (Å²) < 4.78 is 7.78. The molecule has 1 aromatic carbocycles. The molecule has 2 aliphatic rings. The summed E-state index contributed by atoms with van der Waals surface area (Å²) in [7, 11) is 5.34. The molecule has 8 nitrogen and oxygen atoms in total. The molecule has 2 N–H and O–H groups in total. The van der Waals surface area contributed by atoms with E-state index in [4.69, 9.17) is 4.74 Å². The number of aromatic nitrogens is 1. The first-order valence-corrected chi connectivity index (χ1v) is 12.7. The molecular formula is C26H29N3O5S. The summed E-state index contributed by atoms with van der Waals surface area (Å²) >= 11 is 1.69. The largest absolute Gasteiger partial charge is 0.494 e. The predicted octanol–water partition coefficient (Wildman–Crippen LogP) is 3.83. The number of carboxylic acids is 1. The maximum absolute atomic E-state index is 13.0. The summed E-state index contributed by atoms with van der Waals surface area (Å²) in [6, 6.07) is 5.84. The van der Waals surface area contributed by atoms with Crippen molar-refractivity contribution in [1.82, 2.24) is 14.8 Å². The van der Waals surface area contributed by atoms with E-state index in [-0.39, 0.29) is 23.6 Å². The number of aromatic carboxylic acids is 1. The number of carbonyl (C=O) groups excluding carboxylic acids is 1. The van der Waals surface area contributed by atoms with Crippen LogP contribution in [0.5, 0.6) is 5.75 Å². The molecule has 0 radical (unpaired) electrons. The molecule has 35 heavy (non-hydrogen) atoms. The van der Waals surface area contributed by atoms with E-state index in [9.17, 15) is 19.5 Å². The van der Waals surface area contributed by atoms with Crippen molar-refractivity contribution in [2.45, 2.75) is 44.2 Å². The van der Waals surface area contributed by atoms with Gasteiger partial charge in [0.15, 0.2) is 5.75 Å². The minimum Gasteiger partial charge on any atom is -0.494 e. The first-order chi connectivity index (χ1) is 16.8. The molecule has 0 saturated heterocycles. The first kappa shape index (κ1) is 23.6. The molecule has 0 bridgehead atoms. The number of hydrogen-bond donors (Lipinski definition) is 2. The van der Waals surface area contributed by atoms with Crippen molar-refractivity contribution in [1.29, 1.82) is 0 Å². The molecule has 2 aliphatic carbocycles. The van der Waals surface area contributed by atoms with E-state index in [1.165, 1.54) is 11.1 Å². The van der Waals surface area contributed by atoms with Gasteiger partial charge in [-0.15, -0.1) is 11.3 Å². The molecule has 1 atom stereocenters. The van der Waals surface area contributed by atoms with Crippen LogP contribution >= 0.6 is 11.3 Å². The monoisotopic (exact) mass is 495 g/mol. The van der Waals surface area contributed by atoms with Crippen molar-refractivity contribution in [2.24, 2.45) is 0 Å². The van der Waals surface area contributed by atoms with Gasteiger partial charge in [-0.1, -0.05) is 0 Å². The lowest BCUT2D eigenvalue weighted by atomic mass is 9.93. The number of hydrogen-bond acceptors (Lipinski definition) is 6. The second-order valence-electron chi connectivity index (χ2n) is 9.60. The molecule has 5 rings (SSSR count). The van der Waals surface area contributed by atoms with Gasteiger partial charge in [0.2, 0.25) is 11.3 Å². The van der Waals surface area contributed by atoms with E-state index < -0.39 is 11.4 Å². The van der Waals surface area contributed by atoms with Gasteiger partial charge in [0, 0.05) is 27.6 Å². The van der Waals surface area contributed by atoms with Gasteiger partial charge in [0.05, 0.1) is 30.6 Å². The average Bonchev–Trinajstić information content (AvgIpc) is 3.55. The van der Waals surface area contributed by atoms with Crippen LogP contribution in [0.25, 0.3) is 21.3 Å². The number of likely N-dealkylation sites (N-methyl/N-ethyl adjacent to an activating group) is 1. The van der Waals surface area contributed by atoms with Crippen LogP contribution in [0, 0.1) is 0 Å². The Morgan fingerprint density at radius 2 is 2.03 bits per heavy atom. The Balaban J connectivity index is 1.62. The molecule has 1 amide bonds. The third-order valence-electron chi connectivity index (χ3n) is 6.70. The highest BCUT2D eigenvalue weighted by atomic mass is 32.1. The Labute approximate surface area is 207 Å². The molecule has 1 saturated carbocycles. The van der Waals surface area contributed by atoms with Gasteiger partial charge in [-0.05, 0) is 70.0 Å². The van der Waals surface area contributed by atoms with Crippen LogP contribution in [0.1, 0.15) is 58.6 Å². The molecule has 1 unspecified atom stereocenters. The number of carbonyl (C=O) groups is 2. The molecule has 0 spiro atoms. The number of pyridine rings is 1. The van der Waals surface area contributed by atoms with Crippen molar-refractivity contribution in [3.8, 4) is 16.2 Å². The number of rotatable bonds is 7. The van der Waals surface area contributed by atoms with Gasteiger partial charge < -0.3 is 24.6 Å². The zero-order chi connectivity index (χ0) is 24.9. The highest BCUT2D eigenvalue weighted by molar-refractivity contribution is 7.15. The van der Waals surface area contributed by atoms with Crippen LogP contribution in [0.4, 0.5) is 0 Å². The van der Waals surface area contributed by atoms with Crippen LogP contribution in [0.2, 0.25) is 0 Å². The van der Waals surface area contributed by atoms with Crippen molar-refractivity contribution >= 4 is 34.1 Å². The Bertz CT molecular complexity index is 1390. The Morgan fingerprint density at radius 1 is 1.26 bits per heavy atom. The fourth-order valence-corrected chi connectivity index (χ4v) is 6.26. The standard InChI is InChI=1S/C26H29N3O5S/c1-28(2)13-22(30)27-19-5-4-6-20-17(19)11-21(35-20)15-9-10-16-23(25(15)34-3)29(14-7-8-14)12-18(24(16)31)26(32)33/h9-12,14,19H,4-8,13H2,1-3H3,(H,27,30)(H,32,33). The Hall–Kier alpha value is -3.17. The Morgan fingerprint density at radius 3 is 2.69 bits per heavy atom. The normalized spacial score (nSPS) is 17.4. The molecule has 3 aromatic rings. The van der Waals surface area contributed by atoms with Crippen molar-refractivity contribution in [3.63, 3.8) is 0 Å². The molecule has 9 heteroatoms. The molecule has 184 valence electrons. The predicted molar refractivity (Wildman–Crippen MR) is 136 cm³/mol. The summed E-state index contributed by atoms with van der Waals surface area (Å²) in [5.74, 6) is -0.635. The number of thiophene rings is 1. The molecule has 1 fully saturated rings. The van der Waals surface area contributed by atoms with Crippen LogP contribution in [0.3, 0.4) is 0 Å². The number of carboxylic acid groups (broad SMARTS) is 1. The zero-order valence-electron chi connectivity index (χ0n) is 20.1. The van der Waals surface area contributed by atoms with Crippen LogP contribution in [0.15, 0.2) is 29.2 Å². The number of amides is 1. The number of aryl methyl sites for hydroxylation is 1. The maximum Gasteiger partial charge on any atom is 0.341 e. The third-order valence-corrected chi connectivity index (χ3v) is 7.94. The highest BCUT2D eigenvalue weighted by Crippen LogP contribution is 2.46. The van der Waals surface area contributed by atoms with Gasteiger partial charge in [-0.25, -0.2) is 4.79 Å². The number of nitrogens with one attached hydrogen (secondary N) is 1. The summed E-state index contributed by atoms with van der Waals surface area (Å²) in [4.78, 5) is 41.2. The van der Waals surface area contributed by atoms with E-state index in [0.717, 1.165) is 48.1 Å². The van der Waals surface area contributed by atoms with Gasteiger partial charge in [-0.2, -0.15) is 0 Å². The van der Waals surface area contributed by atoms with Crippen molar-refractivity contribution in [3.05, 3.63) is 50.6 Å². The number of ether oxygens (including phenoxy) is 1. The summed E-state index contributed by atoms with van der Waals surface area (Å²) in [5.41, 5.74) is 1.94. The SMILES string of the molecule is COc1c(-c2cc3c(s2)CCCC3NC(=O)CN(C)C)ccc2c(=O)c(C(=O)O)cn(C3CC3)c12. The number of fused-ring (bicyclic) bond motifs is 2. The molecule has 2 aromatic heterocycles. The first-order valence-electron chi connectivity index (χ1n) is 11.8. The van der Waals surface area contributed by atoms with Gasteiger partial charge >= 0.3 is 5.97 Å². The smallest absolute Gasteiger partial charge is 0.341 e. The van der Waals surface area contributed by atoms with Gasteiger partial charge in [0.1, 0.15) is 5.56 Å². The fraction of sp³-hybridized carbons (Fsp3) is 0.423. The fourth-order valence-electron chi connectivity index (χ4n) is 4.98. The highest BCUT2D eigenvalue weighted by Gasteiger charge is 2.30. The molecule has 2 heterocycles. The third kappa shape index (κ3) is 4.34. The minimum atomic E-state index is -1.22. The van der Waals surface area contributed by atoms with Crippen LogP contribution in [-0.2, 0) is 11.2 Å². The lowest BCUT2D eigenvalue weighted by Crippen LogP contribution is -2.36. The summed E-state index contributed by atoms with van der Waals surface area (Å²) in [5, 5.41) is 13.1. The lowest BCUT2D eigenvalue weighted by Gasteiger charge is -2.24. The zero-order valence-corrected chi connectivity index (χ0v) is 20.9. The minimum absolute atomic E-state index is 0.00608. The topological polar surface area (TPSA) is 101 Å². The van der Waals surface area contributed by atoms with Gasteiger partial charge in [-0.3, -0.25) is 9.59 Å². The summed E-state index contributed by atoms with van der Waals surface area (Å²) in [6.07, 6.45) is 6.21. The number of benzene rings is 1. The van der Waals surface area contributed by atoms with Crippen LogP contribution < -0.4 is 15.5 Å². The maximum atomic E-state index is 13.0. The van der Waals surface area contributed by atoms with Crippen molar-refractivity contribution in [2.75, 3.05) is 27.7 Å². The molecular weight excluding hydrogens is 466 g/mol. The van der Waals surface area contributed by atoms with Crippen molar-refractivity contribution < 1.29 is 19.4 Å². The van der Waals surface area contributed by atoms with E-state index >= 15 is 0 Å². The van der Waals surface area contributed by atoms with Crippen LogP contribution in [-0.4, -0.2) is 54.2 Å². The van der Waals surface area contributed by atoms with E-state index in [2.05, 4.69) is 11.4 Å². The van der Waals surface area contributed by atoms with E-state index in [1.54, 1.807) is 24.5 Å². The van der Waals surface area contributed by atoms with Gasteiger partial charge in [0.25, 0.3) is 0 Å². The summed E-state index contributed by atoms with van der Waals surface area (Å²) in [6.45, 7) is 0.346. The molecule has 0 aliphatic heterocycles. The van der Waals surface area contributed by atoms with E-state index in [1.807, 2.05) is 29.6 Å². The number of nitrogens with zero attached hydrogens (tertiary/aromatic N) is 2. The van der Waals surface area contributed by atoms with E-state index in [0.29, 0.717) is 23.2 Å². The quantitative estimate of drug-likeness (QED) is 0.517. The second-order valence-corrected chi connectivity index (χ2v) is 10.7.